The molecule has 126 valence electrons. The molecule has 1 unspecified atom stereocenters. The molecule has 0 saturated carbocycles. The van der Waals surface area contributed by atoms with Gasteiger partial charge in [0.15, 0.2) is 9.84 Å². The van der Waals surface area contributed by atoms with Crippen LogP contribution in [0.1, 0.15) is 24.0 Å². The molecule has 2 heterocycles. The van der Waals surface area contributed by atoms with Crippen LogP contribution < -0.4 is 0 Å². The minimum absolute atomic E-state index is 0.0472. The fourth-order valence-corrected chi connectivity index (χ4v) is 5.23. The monoisotopic (exact) mass is 336 g/mol. The highest BCUT2D eigenvalue weighted by Crippen LogP contribution is 2.20. The van der Waals surface area contributed by atoms with Gasteiger partial charge in [-0.1, -0.05) is 24.3 Å². The summed E-state index contributed by atoms with van der Waals surface area (Å²) in [5.41, 5.74) is 2.75. The lowest BCUT2D eigenvalue weighted by Crippen LogP contribution is -2.40. The standard InChI is InChI=1S/C17H24N2O3S/c1-18(16-8-11-23(21,22)13-16)17(20)7-10-19-9-6-14-4-2-3-5-15(14)12-19/h2-5,16H,6-13H2,1H3. The second kappa shape index (κ2) is 6.61. The molecule has 1 aromatic rings. The van der Waals surface area contributed by atoms with Gasteiger partial charge in [0, 0.05) is 39.1 Å². The van der Waals surface area contributed by atoms with Crippen LogP contribution in [0.5, 0.6) is 0 Å². The van der Waals surface area contributed by atoms with Crippen LogP contribution >= 0.6 is 0 Å². The Hall–Kier alpha value is -1.40. The van der Waals surface area contributed by atoms with E-state index in [1.165, 1.54) is 11.1 Å². The number of rotatable bonds is 4. The van der Waals surface area contributed by atoms with E-state index in [2.05, 4.69) is 29.2 Å². The molecule has 1 atom stereocenters. The molecule has 0 aromatic heterocycles. The number of nitrogens with zero attached hydrogens (tertiary/aromatic N) is 2. The third-order valence-corrected chi connectivity index (χ3v) is 6.75. The summed E-state index contributed by atoms with van der Waals surface area (Å²) in [6.07, 6.45) is 2.05. The molecular formula is C17H24N2O3S. The maximum absolute atomic E-state index is 12.3. The summed E-state index contributed by atoms with van der Waals surface area (Å²) in [6.45, 7) is 2.60. The Labute approximate surface area is 138 Å². The number of hydrogen-bond donors (Lipinski definition) is 0. The van der Waals surface area contributed by atoms with Gasteiger partial charge in [-0.2, -0.15) is 0 Å². The fourth-order valence-electron chi connectivity index (χ4n) is 3.46. The molecule has 5 nitrogen and oxygen atoms in total. The van der Waals surface area contributed by atoms with Crippen LogP contribution in [-0.4, -0.2) is 61.8 Å². The molecule has 23 heavy (non-hydrogen) atoms. The molecule has 0 aliphatic carbocycles. The van der Waals surface area contributed by atoms with E-state index in [0.717, 1.165) is 26.1 Å². The topological polar surface area (TPSA) is 57.7 Å². The van der Waals surface area contributed by atoms with Crippen LogP contribution in [0, 0.1) is 0 Å². The van der Waals surface area contributed by atoms with E-state index in [9.17, 15) is 13.2 Å². The average Bonchev–Trinajstić information content (AvgIpc) is 2.91. The van der Waals surface area contributed by atoms with Crippen molar-refractivity contribution in [1.82, 2.24) is 9.80 Å². The second-order valence-electron chi connectivity index (χ2n) is 6.61. The Kier molecular flexibility index (Phi) is 4.73. The summed E-state index contributed by atoms with van der Waals surface area (Å²) >= 11 is 0. The molecule has 1 amide bonds. The average molecular weight is 336 g/mol. The van der Waals surface area contributed by atoms with E-state index in [4.69, 9.17) is 0 Å². The SMILES string of the molecule is CN(C(=O)CCN1CCc2ccccc2C1)C1CCS(=O)(=O)C1. The molecule has 2 aliphatic heterocycles. The summed E-state index contributed by atoms with van der Waals surface area (Å²) < 4.78 is 23.1. The quantitative estimate of drug-likeness (QED) is 0.826. The third kappa shape index (κ3) is 3.93. The zero-order chi connectivity index (χ0) is 16.4. The largest absolute Gasteiger partial charge is 0.342 e. The molecule has 0 bridgehead atoms. The Morgan fingerprint density at radius 2 is 2.04 bits per heavy atom. The zero-order valence-electron chi connectivity index (χ0n) is 13.6. The summed E-state index contributed by atoms with van der Waals surface area (Å²) in [4.78, 5) is 16.3. The summed E-state index contributed by atoms with van der Waals surface area (Å²) in [5.74, 6) is 0.371. The Morgan fingerprint density at radius 1 is 1.30 bits per heavy atom. The third-order valence-electron chi connectivity index (χ3n) is 5.00. The molecule has 1 saturated heterocycles. The van der Waals surface area contributed by atoms with Crippen molar-refractivity contribution < 1.29 is 13.2 Å². The highest BCUT2D eigenvalue weighted by atomic mass is 32.2. The van der Waals surface area contributed by atoms with Crippen molar-refractivity contribution >= 4 is 15.7 Å². The van der Waals surface area contributed by atoms with E-state index >= 15 is 0 Å². The minimum Gasteiger partial charge on any atom is -0.342 e. The molecule has 0 radical (unpaired) electrons. The maximum atomic E-state index is 12.3. The van der Waals surface area contributed by atoms with Gasteiger partial charge in [0.25, 0.3) is 0 Å². The van der Waals surface area contributed by atoms with E-state index in [0.29, 0.717) is 12.8 Å². The number of benzene rings is 1. The lowest BCUT2D eigenvalue weighted by molar-refractivity contribution is -0.131. The second-order valence-corrected chi connectivity index (χ2v) is 8.84. The van der Waals surface area contributed by atoms with Crippen molar-refractivity contribution in [3.05, 3.63) is 35.4 Å². The van der Waals surface area contributed by atoms with Gasteiger partial charge in [0.1, 0.15) is 0 Å². The minimum atomic E-state index is -2.95. The highest BCUT2D eigenvalue weighted by molar-refractivity contribution is 7.91. The van der Waals surface area contributed by atoms with Gasteiger partial charge >= 0.3 is 0 Å². The van der Waals surface area contributed by atoms with Crippen LogP contribution in [0.25, 0.3) is 0 Å². The van der Waals surface area contributed by atoms with Gasteiger partial charge in [0.2, 0.25) is 5.91 Å². The summed E-state index contributed by atoms with van der Waals surface area (Å²) in [7, 11) is -1.21. The van der Waals surface area contributed by atoms with E-state index in [1.54, 1.807) is 11.9 Å². The summed E-state index contributed by atoms with van der Waals surface area (Å²) in [5, 5.41) is 0. The van der Waals surface area contributed by atoms with E-state index < -0.39 is 9.84 Å². The van der Waals surface area contributed by atoms with Crippen LogP contribution in [-0.2, 0) is 27.6 Å². The predicted octanol–water partition coefficient (Wildman–Crippen LogP) is 1.08. The first-order valence-electron chi connectivity index (χ1n) is 8.20. The molecule has 0 spiro atoms. The van der Waals surface area contributed by atoms with Gasteiger partial charge in [-0.3, -0.25) is 9.69 Å². The smallest absolute Gasteiger partial charge is 0.223 e. The number of carbonyl (C=O) groups excluding carboxylic acids is 1. The van der Waals surface area contributed by atoms with Gasteiger partial charge in [-0.15, -0.1) is 0 Å². The van der Waals surface area contributed by atoms with Crippen molar-refractivity contribution in [1.29, 1.82) is 0 Å². The molecular weight excluding hydrogens is 312 g/mol. The lowest BCUT2D eigenvalue weighted by atomic mass is 10.00. The first kappa shape index (κ1) is 16.5. The lowest BCUT2D eigenvalue weighted by Gasteiger charge is -2.30. The first-order valence-corrected chi connectivity index (χ1v) is 10.0. The number of hydrogen-bond acceptors (Lipinski definition) is 4. The van der Waals surface area contributed by atoms with Gasteiger partial charge in [-0.05, 0) is 24.0 Å². The van der Waals surface area contributed by atoms with Crippen molar-refractivity contribution in [3.8, 4) is 0 Å². The van der Waals surface area contributed by atoms with Crippen LogP contribution in [0.15, 0.2) is 24.3 Å². The number of carbonyl (C=O) groups is 1. The van der Waals surface area contributed by atoms with E-state index in [1.807, 2.05) is 0 Å². The van der Waals surface area contributed by atoms with Crippen molar-refractivity contribution in [2.45, 2.75) is 31.8 Å². The van der Waals surface area contributed by atoms with Crippen molar-refractivity contribution in [3.63, 3.8) is 0 Å². The van der Waals surface area contributed by atoms with Crippen molar-refractivity contribution in [2.24, 2.45) is 0 Å². The van der Waals surface area contributed by atoms with Gasteiger partial charge in [-0.25, -0.2) is 8.42 Å². The highest BCUT2D eigenvalue weighted by Gasteiger charge is 2.32. The molecule has 0 N–H and O–H groups in total. The van der Waals surface area contributed by atoms with Gasteiger partial charge < -0.3 is 4.90 Å². The Bertz CT molecular complexity index is 687. The zero-order valence-corrected chi connectivity index (χ0v) is 14.4. The van der Waals surface area contributed by atoms with Gasteiger partial charge in [0.05, 0.1) is 11.5 Å². The van der Waals surface area contributed by atoms with E-state index in [-0.39, 0.29) is 23.5 Å². The normalized spacial score (nSPS) is 23.4. The van der Waals surface area contributed by atoms with Crippen LogP contribution in [0.2, 0.25) is 0 Å². The first-order chi connectivity index (χ1) is 10.9. The molecule has 2 aliphatic rings. The van der Waals surface area contributed by atoms with Crippen molar-refractivity contribution in [2.75, 3.05) is 31.6 Å². The molecule has 6 heteroatoms. The molecule has 3 rings (SSSR count). The van der Waals surface area contributed by atoms with Crippen LogP contribution in [0.3, 0.4) is 0 Å². The number of amides is 1. The Morgan fingerprint density at radius 3 is 2.74 bits per heavy atom. The number of fused-ring (bicyclic) bond motifs is 1. The molecule has 1 fully saturated rings. The van der Waals surface area contributed by atoms with Crippen LogP contribution in [0.4, 0.5) is 0 Å². The maximum Gasteiger partial charge on any atom is 0.223 e. The Balaban J connectivity index is 1.50. The molecule has 1 aromatic carbocycles. The fraction of sp³-hybridized carbons (Fsp3) is 0.588. The number of sulfone groups is 1. The predicted molar refractivity (Wildman–Crippen MR) is 89.9 cm³/mol. The summed E-state index contributed by atoms with van der Waals surface area (Å²) in [6, 6.07) is 8.31.